The van der Waals surface area contributed by atoms with Crippen LogP contribution in [-0.4, -0.2) is 4.98 Å². The number of hydrogen-bond acceptors (Lipinski definition) is 3. The van der Waals surface area contributed by atoms with E-state index in [-0.39, 0.29) is 15.2 Å². The molecule has 108 valence electrons. The molecule has 0 spiro atoms. The fraction of sp³-hybridized carbons (Fsp3) is 0.182. The molecule has 1 heterocycles. The molecule has 2 nitrogen and oxygen atoms in total. The molecule has 0 aliphatic carbocycles. The number of anilines is 1. The Kier molecular flexibility index (Phi) is 4.84. The highest BCUT2D eigenvalue weighted by molar-refractivity contribution is 9.10. The molecule has 0 bridgehead atoms. The van der Waals surface area contributed by atoms with Gasteiger partial charge in [-0.25, -0.2) is 4.98 Å². The van der Waals surface area contributed by atoms with E-state index >= 15 is 0 Å². The summed E-state index contributed by atoms with van der Waals surface area (Å²) in [5, 5.41) is 3.04. The molecule has 0 atom stereocenters. The van der Waals surface area contributed by atoms with Crippen LogP contribution in [0.15, 0.2) is 22.8 Å². The van der Waals surface area contributed by atoms with Crippen LogP contribution in [0.4, 0.5) is 18.9 Å². The smallest absolute Gasteiger partial charge is 0.379 e. The van der Waals surface area contributed by atoms with Crippen molar-refractivity contribution in [3.8, 4) is 0 Å². The minimum absolute atomic E-state index is 0.0959. The Labute approximate surface area is 135 Å². The fourth-order valence-electron chi connectivity index (χ4n) is 1.45. The topological polar surface area (TPSA) is 24.9 Å². The van der Waals surface area contributed by atoms with Crippen molar-refractivity contribution in [3.05, 3.63) is 42.7 Å². The van der Waals surface area contributed by atoms with Gasteiger partial charge in [-0.3, -0.25) is 0 Å². The van der Waals surface area contributed by atoms with E-state index in [1.165, 1.54) is 17.4 Å². The molecule has 1 N–H and O–H groups in total. The van der Waals surface area contributed by atoms with Gasteiger partial charge in [0.15, 0.2) is 4.47 Å². The predicted molar refractivity (Wildman–Crippen MR) is 78.6 cm³/mol. The third kappa shape index (κ3) is 3.78. The molecule has 20 heavy (non-hydrogen) atoms. The minimum atomic E-state index is -4.45. The summed E-state index contributed by atoms with van der Waals surface area (Å²) in [6.07, 6.45) is -2.90. The minimum Gasteiger partial charge on any atom is -0.379 e. The number of rotatable bonds is 3. The number of hydrogen-bond donors (Lipinski definition) is 1. The Balaban J connectivity index is 2.23. The van der Waals surface area contributed by atoms with Crippen molar-refractivity contribution in [1.29, 1.82) is 0 Å². The molecule has 2 aromatic rings. The van der Waals surface area contributed by atoms with E-state index in [1.54, 1.807) is 6.20 Å². The summed E-state index contributed by atoms with van der Waals surface area (Å²) in [4.78, 5) is 4.64. The lowest BCUT2D eigenvalue weighted by atomic mass is 10.2. The van der Waals surface area contributed by atoms with Gasteiger partial charge in [0.25, 0.3) is 0 Å². The van der Waals surface area contributed by atoms with Gasteiger partial charge in [-0.2, -0.15) is 13.2 Å². The zero-order valence-electron chi connectivity index (χ0n) is 9.56. The summed E-state index contributed by atoms with van der Waals surface area (Å²) in [5.41, 5.74) is -0.585. The van der Waals surface area contributed by atoms with Crippen LogP contribution in [-0.2, 0) is 12.7 Å². The summed E-state index contributed by atoms with van der Waals surface area (Å²) in [5.74, 6) is 0. The molecule has 0 fully saturated rings. The number of halogens is 6. The van der Waals surface area contributed by atoms with Gasteiger partial charge in [0, 0.05) is 15.5 Å². The first-order valence-corrected chi connectivity index (χ1v) is 7.54. The molecule has 0 radical (unpaired) electrons. The second-order valence-electron chi connectivity index (χ2n) is 3.74. The van der Waals surface area contributed by atoms with Crippen molar-refractivity contribution < 1.29 is 13.2 Å². The molecule has 0 unspecified atom stereocenters. The van der Waals surface area contributed by atoms with E-state index in [9.17, 15) is 13.2 Å². The van der Waals surface area contributed by atoms with E-state index in [0.717, 1.165) is 10.9 Å². The van der Waals surface area contributed by atoms with E-state index in [1.807, 2.05) is 0 Å². The van der Waals surface area contributed by atoms with Gasteiger partial charge in [-0.1, -0.05) is 39.1 Å². The van der Waals surface area contributed by atoms with Gasteiger partial charge in [-0.05, 0) is 12.1 Å². The first-order chi connectivity index (χ1) is 9.27. The lowest BCUT2D eigenvalue weighted by Gasteiger charge is -2.13. The molecule has 0 saturated carbocycles. The van der Waals surface area contributed by atoms with E-state index < -0.39 is 11.7 Å². The average Bonchev–Trinajstić information content (AvgIpc) is 2.72. The quantitative estimate of drug-likeness (QED) is 0.693. The van der Waals surface area contributed by atoms with Crippen molar-refractivity contribution in [1.82, 2.24) is 4.98 Å². The second kappa shape index (κ2) is 6.09. The first-order valence-electron chi connectivity index (χ1n) is 5.17. The Morgan fingerprint density at radius 2 is 2.00 bits per heavy atom. The van der Waals surface area contributed by atoms with Crippen LogP contribution < -0.4 is 5.32 Å². The van der Waals surface area contributed by atoms with Crippen molar-refractivity contribution in [2.24, 2.45) is 0 Å². The lowest BCUT2D eigenvalue weighted by Crippen LogP contribution is -2.08. The fourth-order valence-corrected chi connectivity index (χ4v) is 3.30. The molecular formula is C11H6BrCl2F3N2S. The molecule has 0 aliphatic rings. The molecular weight excluding hydrogens is 400 g/mol. The Bertz CT molecular complexity index is 631. The van der Waals surface area contributed by atoms with Crippen molar-refractivity contribution in [3.63, 3.8) is 0 Å². The number of nitrogens with zero attached hydrogens (tertiary/aromatic N) is 1. The van der Waals surface area contributed by atoms with Gasteiger partial charge in [0.05, 0.1) is 22.8 Å². The van der Waals surface area contributed by atoms with Crippen molar-refractivity contribution in [2.45, 2.75) is 12.7 Å². The molecule has 0 aliphatic heterocycles. The van der Waals surface area contributed by atoms with Crippen molar-refractivity contribution >= 4 is 56.2 Å². The van der Waals surface area contributed by atoms with E-state index in [4.69, 9.17) is 23.2 Å². The molecule has 0 saturated heterocycles. The summed E-state index contributed by atoms with van der Waals surface area (Å²) in [7, 11) is 0. The lowest BCUT2D eigenvalue weighted by molar-refractivity contribution is -0.138. The zero-order valence-corrected chi connectivity index (χ0v) is 13.5. The Hall–Kier alpha value is -0.500. The van der Waals surface area contributed by atoms with Gasteiger partial charge in [-0.15, -0.1) is 11.3 Å². The van der Waals surface area contributed by atoms with E-state index in [0.29, 0.717) is 11.0 Å². The van der Waals surface area contributed by atoms with E-state index in [2.05, 4.69) is 26.2 Å². The number of aromatic nitrogens is 1. The normalized spacial score (nSPS) is 11.7. The molecule has 0 amide bonds. The summed E-state index contributed by atoms with van der Waals surface area (Å²) >= 11 is 15.7. The monoisotopic (exact) mass is 404 g/mol. The predicted octanol–water partition coefficient (Wildman–Crippen LogP) is 5.84. The van der Waals surface area contributed by atoms with Crippen LogP contribution in [0.25, 0.3) is 0 Å². The van der Waals surface area contributed by atoms with Crippen LogP contribution in [0.3, 0.4) is 0 Å². The number of nitrogens with one attached hydrogen (secondary N) is 1. The maximum Gasteiger partial charge on any atom is 0.417 e. The van der Waals surface area contributed by atoms with Gasteiger partial charge in [0.1, 0.15) is 0 Å². The molecule has 1 aromatic heterocycles. The third-order valence-corrected chi connectivity index (χ3v) is 4.42. The average molecular weight is 406 g/mol. The maximum atomic E-state index is 12.8. The SMILES string of the molecule is FC(F)(F)c1cc(NCc2cnc(Cl)s2)c(Cl)cc1Br. The van der Waals surface area contributed by atoms with Gasteiger partial charge >= 0.3 is 6.18 Å². The molecule has 1 aromatic carbocycles. The van der Waals surface area contributed by atoms with Gasteiger partial charge in [0.2, 0.25) is 0 Å². The van der Waals surface area contributed by atoms with Crippen LogP contribution in [0, 0.1) is 0 Å². The van der Waals surface area contributed by atoms with Crippen molar-refractivity contribution in [2.75, 3.05) is 5.32 Å². The molecule has 9 heteroatoms. The second-order valence-corrected chi connectivity index (χ2v) is 6.70. The van der Waals surface area contributed by atoms with Crippen LogP contribution in [0.1, 0.15) is 10.4 Å². The highest BCUT2D eigenvalue weighted by Gasteiger charge is 2.33. The first kappa shape index (κ1) is 15.9. The zero-order chi connectivity index (χ0) is 14.9. The molecule has 2 rings (SSSR count). The number of alkyl halides is 3. The van der Waals surface area contributed by atoms with Crippen LogP contribution in [0.5, 0.6) is 0 Å². The Morgan fingerprint density at radius 1 is 1.30 bits per heavy atom. The Morgan fingerprint density at radius 3 is 2.55 bits per heavy atom. The third-order valence-electron chi connectivity index (χ3n) is 2.34. The number of benzene rings is 1. The highest BCUT2D eigenvalue weighted by atomic mass is 79.9. The highest BCUT2D eigenvalue weighted by Crippen LogP contribution is 2.39. The standard InChI is InChI=1S/C11H6BrCl2F3N2S/c12-7-2-8(13)9(1-6(7)11(15,16)17)18-3-5-4-19-10(14)20-5/h1-2,4,18H,3H2. The van der Waals surface area contributed by atoms with Crippen LogP contribution >= 0.6 is 50.5 Å². The number of thiazole rings is 1. The van der Waals surface area contributed by atoms with Crippen LogP contribution in [0.2, 0.25) is 9.49 Å². The maximum absolute atomic E-state index is 12.8. The largest absolute Gasteiger partial charge is 0.417 e. The van der Waals surface area contributed by atoms with Gasteiger partial charge < -0.3 is 5.32 Å². The summed E-state index contributed by atoms with van der Waals surface area (Å²) in [6.45, 7) is 0.295. The summed E-state index contributed by atoms with van der Waals surface area (Å²) < 4.78 is 38.7. The summed E-state index contributed by atoms with van der Waals surface area (Å²) in [6, 6.07) is 2.18.